The zero-order chi connectivity index (χ0) is 11.4. The van der Waals surface area contributed by atoms with Crippen LogP contribution in [0.4, 0.5) is 0 Å². The van der Waals surface area contributed by atoms with Gasteiger partial charge in [0.2, 0.25) is 0 Å². The first-order chi connectivity index (χ1) is 7.79. The number of hydrogen-bond acceptors (Lipinski definition) is 4. The standard InChI is InChI=1S/C12H18N2O2/c13-14-11-6-10(7-12(11)15)16-8-9-4-2-1-3-5-9/h1-5,10-12,14-15H,6-8,13H2. The van der Waals surface area contributed by atoms with Gasteiger partial charge in [-0.05, 0) is 12.0 Å². The molecule has 0 amide bonds. The molecule has 1 aliphatic carbocycles. The summed E-state index contributed by atoms with van der Waals surface area (Å²) in [6.07, 6.45) is 1.12. The fourth-order valence-electron chi connectivity index (χ4n) is 2.07. The summed E-state index contributed by atoms with van der Waals surface area (Å²) >= 11 is 0. The van der Waals surface area contributed by atoms with Gasteiger partial charge in [0, 0.05) is 12.5 Å². The van der Waals surface area contributed by atoms with E-state index in [0.717, 1.165) is 12.0 Å². The van der Waals surface area contributed by atoms with Crippen molar-refractivity contribution in [3.05, 3.63) is 35.9 Å². The van der Waals surface area contributed by atoms with Crippen LogP contribution in [-0.4, -0.2) is 23.4 Å². The molecule has 0 spiro atoms. The Kier molecular flexibility index (Phi) is 3.90. The summed E-state index contributed by atoms with van der Waals surface area (Å²) in [5.74, 6) is 5.33. The van der Waals surface area contributed by atoms with E-state index in [0.29, 0.717) is 13.0 Å². The topological polar surface area (TPSA) is 67.5 Å². The van der Waals surface area contributed by atoms with E-state index >= 15 is 0 Å². The monoisotopic (exact) mass is 222 g/mol. The zero-order valence-electron chi connectivity index (χ0n) is 9.17. The predicted molar refractivity (Wildman–Crippen MR) is 61.4 cm³/mol. The molecule has 0 bridgehead atoms. The summed E-state index contributed by atoms with van der Waals surface area (Å²) in [5, 5.41) is 9.63. The van der Waals surface area contributed by atoms with Crippen LogP contribution < -0.4 is 11.3 Å². The van der Waals surface area contributed by atoms with Crippen molar-refractivity contribution < 1.29 is 9.84 Å². The van der Waals surface area contributed by atoms with Crippen LogP contribution in [0.3, 0.4) is 0 Å². The lowest BCUT2D eigenvalue weighted by Gasteiger charge is -2.12. The van der Waals surface area contributed by atoms with Gasteiger partial charge in [-0.15, -0.1) is 0 Å². The van der Waals surface area contributed by atoms with Gasteiger partial charge in [-0.1, -0.05) is 30.3 Å². The largest absolute Gasteiger partial charge is 0.391 e. The first kappa shape index (κ1) is 11.5. The molecule has 1 aromatic carbocycles. The van der Waals surface area contributed by atoms with Crippen molar-refractivity contribution in [2.75, 3.05) is 0 Å². The number of nitrogens with one attached hydrogen (secondary N) is 1. The second-order valence-electron chi connectivity index (χ2n) is 4.23. The van der Waals surface area contributed by atoms with E-state index in [2.05, 4.69) is 5.43 Å². The van der Waals surface area contributed by atoms with Crippen LogP contribution in [0.5, 0.6) is 0 Å². The number of ether oxygens (including phenoxy) is 1. The van der Waals surface area contributed by atoms with Crippen molar-refractivity contribution in [3.8, 4) is 0 Å². The molecule has 88 valence electrons. The van der Waals surface area contributed by atoms with Crippen molar-refractivity contribution in [2.24, 2.45) is 5.84 Å². The van der Waals surface area contributed by atoms with Gasteiger partial charge >= 0.3 is 0 Å². The van der Waals surface area contributed by atoms with E-state index in [1.54, 1.807) is 0 Å². The molecule has 1 saturated carbocycles. The average molecular weight is 222 g/mol. The Morgan fingerprint density at radius 1 is 1.31 bits per heavy atom. The molecule has 0 radical (unpaired) electrons. The summed E-state index contributed by atoms with van der Waals surface area (Å²) in [6, 6.07) is 9.99. The van der Waals surface area contributed by atoms with Gasteiger partial charge in [-0.3, -0.25) is 11.3 Å². The number of aliphatic hydroxyl groups excluding tert-OH is 1. The summed E-state index contributed by atoms with van der Waals surface area (Å²) in [4.78, 5) is 0. The van der Waals surface area contributed by atoms with Crippen molar-refractivity contribution in [3.63, 3.8) is 0 Å². The Balaban J connectivity index is 1.80. The quantitative estimate of drug-likeness (QED) is 0.514. The van der Waals surface area contributed by atoms with Gasteiger partial charge in [0.1, 0.15) is 0 Å². The van der Waals surface area contributed by atoms with Crippen molar-refractivity contribution >= 4 is 0 Å². The minimum Gasteiger partial charge on any atom is -0.391 e. The Morgan fingerprint density at radius 2 is 2.06 bits per heavy atom. The molecule has 1 aromatic rings. The van der Waals surface area contributed by atoms with Crippen LogP contribution in [0.2, 0.25) is 0 Å². The Hall–Kier alpha value is -0.940. The van der Waals surface area contributed by atoms with E-state index in [1.807, 2.05) is 30.3 Å². The van der Waals surface area contributed by atoms with E-state index in [4.69, 9.17) is 10.6 Å². The molecule has 1 fully saturated rings. The lowest BCUT2D eigenvalue weighted by Crippen LogP contribution is -2.40. The first-order valence-corrected chi connectivity index (χ1v) is 5.59. The lowest BCUT2D eigenvalue weighted by atomic mass is 10.2. The Bertz CT molecular complexity index is 318. The highest BCUT2D eigenvalue weighted by atomic mass is 16.5. The molecule has 2 rings (SSSR count). The molecular formula is C12H18N2O2. The zero-order valence-corrected chi connectivity index (χ0v) is 9.17. The minimum absolute atomic E-state index is 0.0410. The predicted octanol–water partition coefficient (Wildman–Crippen LogP) is 0.558. The molecule has 3 unspecified atom stereocenters. The lowest BCUT2D eigenvalue weighted by molar-refractivity contribution is 0.0357. The van der Waals surface area contributed by atoms with Crippen molar-refractivity contribution in [1.29, 1.82) is 0 Å². The average Bonchev–Trinajstić information content (AvgIpc) is 2.69. The van der Waals surface area contributed by atoms with Crippen LogP contribution in [-0.2, 0) is 11.3 Å². The molecule has 0 saturated heterocycles. The smallest absolute Gasteiger partial charge is 0.0732 e. The molecule has 0 aromatic heterocycles. The number of hydrogen-bond donors (Lipinski definition) is 3. The van der Waals surface area contributed by atoms with E-state index in [9.17, 15) is 5.11 Å². The maximum absolute atomic E-state index is 9.63. The van der Waals surface area contributed by atoms with E-state index in [1.165, 1.54) is 0 Å². The maximum atomic E-state index is 9.63. The minimum atomic E-state index is -0.397. The number of hydrazine groups is 1. The van der Waals surface area contributed by atoms with Gasteiger partial charge in [-0.25, -0.2) is 0 Å². The third kappa shape index (κ3) is 2.80. The Morgan fingerprint density at radius 3 is 2.69 bits per heavy atom. The molecule has 0 aliphatic heterocycles. The fraction of sp³-hybridized carbons (Fsp3) is 0.500. The van der Waals surface area contributed by atoms with Gasteiger partial charge in [0.25, 0.3) is 0 Å². The molecule has 4 heteroatoms. The molecule has 4 nitrogen and oxygen atoms in total. The summed E-state index contributed by atoms with van der Waals surface area (Å²) in [5.41, 5.74) is 3.77. The first-order valence-electron chi connectivity index (χ1n) is 5.59. The summed E-state index contributed by atoms with van der Waals surface area (Å²) < 4.78 is 5.74. The van der Waals surface area contributed by atoms with E-state index in [-0.39, 0.29) is 12.1 Å². The van der Waals surface area contributed by atoms with Crippen molar-refractivity contribution in [2.45, 2.75) is 37.7 Å². The fourth-order valence-corrected chi connectivity index (χ4v) is 2.07. The van der Waals surface area contributed by atoms with Gasteiger partial charge in [-0.2, -0.15) is 0 Å². The third-order valence-electron chi connectivity index (χ3n) is 3.03. The summed E-state index contributed by atoms with van der Waals surface area (Å²) in [6.45, 7) is 0.593. The van der Waals surface area contributed by atoms with Crippen LogP contribution in [0.25, 0.3) is 0 Å². The van der Waals surface area contributed by atoms with Crippen LogP contribution in [0.15, 0.2) is 30.3 Å². The molecule has 0 heterocycles. The van der Waals surface area contributed by atoms with Crippen LogP contribution >= 0.6 is 0 Å². The van der Waals surface area contributed by atoms with Gasteiger partial charge in [0.05, 0.1) is 18.8 Å². The number of benzene rings is 1. The van der Waals surface area contributed by atoms with E-state index < -0.39 is 6.10 Å². The van der Waals surface area contributed by atoms with Crippen LogP contribution in [0.1, 0.15) is 18.4 Å². The van der Waals surface area contributed by atoms with Gasteiger partial charge in [0.15, 0.2) is 0 Å². The SMILES string of the molecule is NNC1CC(OCc2ccccc2)CC1O. The highest BCUT2D eigenvalue weighted by molar-refractivity contribution is 5.13. The third-order valence-corrected chi connectivity index (χ3v) is 3.03. The number of rotatable bonds is 4. The molecule has 16 heavy (non-hydrogen) atoms. The maximum Gasteiger partial charge on any atom is 0.0732 e. The van der Waals surface area contributed by atoms with Crippen molar-refractivity contribution in [1.82, 2.24) is 5.43 Å². The van der Waals surface area contributed by atoms with Gasteiger partial charge < -0.3 is 9.84 Å². The highest BCUT2D eigenvalue weighted by Gasteiger charge is 2.32. The molecule has 3 atom stereocenters. The highest BCUT2D eigenvalue weighted by Crippen LogP contribution is 2.23. The normalized spacial score (nSPS) is 29.5. The summed E-state index contributed by atoms with van der Waals surface area (Å²) in [7, 11) is 0. The number of aliphatic hydroxyl groups is 1. The second kappa shape index (κ2) is 5.41. The Labute approximate surface area is 95.4 Å². The molecule has 1 aliphatic rings. The molecule has 4 N–H and O–H groups in total. The number of nitrogens with two attached hydrogens (primary N) is 1. The second-order valence-corrected chi connectivity index (χ2v) is 4.23. The van der Waals surface area contributed by atoms with Crippen LogP contribution in [0, 0.1) is 0 Å². The molecular weight excluding hydrogens is 204 g/mol.